The molecular weight excluding hydrogens is 224 g/mol. The average Bonchev–Trinajstić information content (AvgIpc) is 2.32. The molecule has 0 amide bonds. The van der Waals surface area contributed by atoms with Crippen molar-refractivity contribution in [3.05, 3.63) is 27.8 Å². The molecule has 0 saturated heterocycles. The van der Waals surface area contributed by atoms with E-state index in [1.807, 2.05) is 6.92 Å². The summed E-state index contributed by atoms with van der Waals surface area (Å²) in [4.78, 5) is 11.3. The topological polar surface area (TPSA) is 68.9 Å². The van der Waals surface area contributed by atoms with Crippen LogP contribution in [0.3, 0.4) is 0 Å². The lowest BCUT2D eigenvalue weighted by atomic mass is 9.99. The predicted molar refractivity (Wildman–Crippen MR) is 60.0 cm³/mol. The van der Waals surface area contributed by atoms with Gasteiger partial charge in [0.25, 0.3) is 0 Å². The van der Waals surface area contributed by atoms with Crippen molar-refractivity contribution >= 4 is 0 Å². The molecule has 1 aliphatic rings. The van der Waals surface area contributed by atoms with Crippen LogP contribution in [-0.2, 0) is 11.3 Å². The number of methoxy groups -OCH3 is 1. The van der Waals surface area contributed by atoms with Crippen LogP contribution in [0.4, 0.5) is 0 Å². The maximum absolute atomic E-state index is 11.3. The summed E-state index contributed by atoms with van der Waals surface area (Å²) in [6, 6.07) is 1.26. The van der Waals surface area contributed by atoms with Crippen molar-refractivity contribution in [2.75, 3.05) is 7.11 Å². The Morgan fingerprint density at radius 2 is 2.35 bits per heavy atom. The summed E-state index contributed by atoms with van der Waals surface area (Å²) in [7, 11) is 1.47. The number of rotatable bonds is 3. The fraction of sp³-hybridized carbons (Fsp3) is 0.583. The highest BCUT2D eigenvalue weighted by molar-refractivity contribution is 5.36. The number of hydrogen-bond donors (Lipinski definition) is 1. The molecular formula is C12H16O5. The van der Waals surface area contributed by atoms with Crippen LogP contribution in [-0.4, -0.2) is 18.3 Å². The van der Waals surface area contributed by atoms with E-state index in [4.69, 9.17) is 13.9 Å². The van der Waals surface area contributed by atoms with Crippen molar-refractivity contribution in [1.29, 1.82) is 0 Å². The molecule has 0 saturated carbocycles. The summed E-state index contributed by atoms with van der Waals surface area (Å²) in [5.41, 5.74) is 0.101. The molecule has 2 heterocycles. The van der Waals surface area contributed by atoms with Crippen molar-refractivity contribution in [3.8, 4) is 5.75 Å². The Labute approximate surface area is 99.0 Å². The first-order valence-electron chi connectivity index (χ1n) is 5.68. The van der Waals surface area contributed by atoms with Crippen molar-refractivity contribution in [2.24, 2.45) is 0 Å². The highest BCUT2D eigenvalue weighted by Crippen LogP contribution is 2.35. The number of aliphatic hydroxyl groups is 1. The van der Waals surface area contributed by atoms with Crippen LogP contribution >= 0.6 is 0 Å². The Morgan fingerprint density at radius 3 is 3.00 bits per heavy atom. The maximum atomic E-state index is 11.3. The zero-order valence-corrected chi connectivity index (χ0v) is 9.93. The Morgan fingerprint density at radius 1 is 1.59 bits per heavy atom. The Kier molecular flexibility index (Phi) is 3.49. The molecule has 2 atom stereocenters. The molecule has 0 spiro atoms. The van der Waals surface area contributed by atoms with E-state index < -0.39 is 11.7 Å². The quantitative estimate of drug-likeness (QED) is 0.864. The van der Waals surface area contributed by atoms with Crippen LogP contribution in [0.25, 0.3) is 0 Å². The van der Waals surface area contributed by atoms with Gasteiger partial charge in [-0.2, -0.15) is 0 Å². The first-order valence-corrected chi connectivity index (χ1v) is 5.68. The molecule has 0 aromatic carbocycles. The molecule has 2 rings (SSSR count). The molecule has 5 heteroatoms. The SMILES string of the molecule is CCCC1OCc2c(OC)cc(=O)oc2C1O. The molecule has 94 valence electrons. The van der Waals surface area contributed by atoms with Gasteiger partial charge in [0.15, 0.2) is 0 Å². The van der Waals surface area contributed by atoms with Gasteiger partial charge in [0.05, 0.1) is 31.5 Å². The first-order chi connectivity index (χ1) is 8.17. The summed E-state index contributed by atoms with van der Waals surface area (Å²) in [6.45, 7) is 2.30. The Balaban J connectivity index is 2.42. The van der Waals surface area contributed by atoms with E-state index in [0.29, 0.717) is 17.9 Å². The Hall–Kier alpha value is -1.33. The number of ether oxygens (including phenoxy) is 2. The molecule has 5 nitrogen and oxygen atoms in total. The number of aliphatic hydroxyl groups excluding tert-OH is 1. The highest BCUT2D eigenvalue weighted by Gasteiger charge is 2.33. The lowest BCUT2D eigenvalue weighted by Gasteiger charge is -2.29. The van der Waals surface area contributed by atoms with Gasteiger partial charge in [-0.3, -0.25) is 0 Å². The normalized spacial score (nSPS) is 23.2. The second-order valence-electron chi connectivity index (χ2n) is 4.06. The second-order valence-corrected chi connectivity index (χ2v) is 4.06. The van der Waals surface area contributed by atoms with Gasteiger partial charge in [-0.15, -0.1) is 0 Å². The molecule has 0 radical (unpaired) electrons. The highest BCUT2D eigenvalue weighted by atomic mass is 16.5. The fourth-order valence-corrected chi connectivity index (χ4v) is 2.05. The smallest absolute Gasteiger partial charge is 0.339 e. The summed E-state index contributed by atoms with van der Waals surface area (Å²) < 4.78 is 15.7. The van der Waals surface area contributed by atoms with Crippen molar-refractivity contribution in [2.45, 2.75) is 38.6 Å². The Bertz CT molecular complexity index is 451. The molecule has 0 bridgehead atoms. The monoisotopic (exact) mass is 240 g/mol. The molecule has 1 aromatic rings. The van der Waals surface area contributed by atoms with E-state index >= 15 is 0 Å². The number of hydrogen-bond acceptors (Lipinski definition) is 5. The van der Waals surface area contributed by atoms with E-state index in [2.05, 4.69) is 0 Å². The van der Waals surface area contributed by atoms with Crippen molar-refractivity contribution < 1.29 is 19.0 Å². The third-order valence-electron chi connectivity index (χ3n) is 2.91. The lowest BCUT2D eigenvalue weighted by Crippen LogP contribution is -2.29. The summed E-state index contributed by atoms with van der Waals surface area (Å²) in [5, 5.41) is 10.1. The maximum Gasteiger partial charge on any atom is 0.339 e. The minimum absolute atomic E-state index is 0.277. The minimum atomic E-state index is -0.901. The van der Waals surface area contributed by atoms with E-state index in [-0.39, 0.29) is 11.9 Å². The lowest BCUT2D eigenvalue weighted by molar-refractivity contribution is -0.0795. The predicted octanol–water partition coefficient (Wildman–Crippen LogP) is 1.38. The second kappa shape index (κ2) is 4.89. The fourth-order valence-electron chi connectivity index (χ4n) is 2.05. The average molecular weight is 240 g/mol. The van der Waals surface area contributed by atoms with E-state index in [1.165, 1.54) is 13.2 Å². The van der Waals surface area contributed by atoms with Gasteiger partial charge in [-0.25, -0.2) is 4.79 Å². The van der Waals surface area contributed by atoms with E-state index in [9.17, 15) is 9.90 Å². The molecule has 2 unspecified atom stereocenters. The molecule has 1 N–H and O–H groups in total. The van der Waals surface area contributed by atoms with Gasteiger partial charge in [-0.1, -0.05) is 13.3 Å². The molecule has 17 heavy (non-hydrogen) atoms. The van der Waals surface area contributed by atoms with Crippen molar-refractivity contribution in [1.82, 2.24) is 0 Å². The van der Waals surface area contributed by atoms with Gasteiger partial charge in [0, 0.05) is 0 Å². The van der Waals surface area contributed by atoms with Crippen LogP contribution in [0, 0.1) is 0 Å². The molecule has 0 fully saturated rings. The van der Waals surface area contributed by atoms with Gasteiger partial charge in [0.2, 0.25) is 0 Å². The van der Waals surface area contributed by atoms with Gasteiger partial charge < -0.3 is 19.0 Å². The molecule has 0 aliphatic carbocycles. The summed E-state index contributed by atoms with van der Waals surface area (Å²) >= 11 is 0. The summed E-state index contributed by atoms with van der Waals surface area (Å²) in [6.07, 6.45) is 0.400. The van der Waals surface area contributed by atoms with Gasteiger partial charge >= 0.3 is 5.63 Å². The van der Waals surface area contributed by atoms with Crippen molar-refractivity contribution in [3.63, 3.8) is 0 Å². The standard InChI is InChI=1S/C12H16O5/c1-3-4-8-11(14)12-7(6-16-8)9(15-2)5-10(13)17-12/h5,8,11,14H,3-4,6H2,1-2H3. The summed E-state index contributed by atoms with van der Waals surface area (Å²) in [5.74, 6) is 0.685. The van der Waals surface area contributed by atoms with E-state index in [1.54, 1.807) is 0 Å². The van der Waals surface area contributed by atoms with Crippen LogP contribution in [0.5, 0.6) is 5.75 Å². The van der Waals surface area contributed by atoms with Crippen LogP contribution in [0.2, 0.25) is 0 Å². The zero-order valence-electron chi connectivity index (χ0n) is 9.93. The minimum Gasteiger partial charge on any atom is -0.496 e. The third kappa shape index (κ3) is 2.21. The van der Waals surface area contributed by atoms with Crippen LogP contribution in [0.15, 0.2) is 15.3 Å². The molecule has 1 aromatic heterocycles. The van der Waals surface area contributed by atoms with Gasteiger partial charge in [-0.05, 0) is 6.42 Å². The zero-order chi connectivity index (χ0) is 12.4. The molecule has 1 aliphatic heterocycles. The largest absolute Gasteiger partial charge is 0.496 e. The number of fused-ring (bicyclic) bond motifs is 1. The van der Waals surface area contributed by atoms with Gasteiger partial charge in [0.1, 0.15) is 17.6 Å². The van der Waals surface area contributed by atoms with Crippen LogP contribution in [0.1, 0.15) is 37.2 Å². The first kappa shape index (κ1) is 12.1. The van der Waals surface area contributed by atoms with E-state index in [0.717, 1.165) is 12.8 Å². The third-order valence-corrected chi connectivity index (χ3v) is 2.91. The van der Waals surface area contributed by atoms with Crippen LogP contribution < -0.4 is 10.4 Å².